The molecule has 0 saturated heterocycles. The van der Waals surface area contributed by atoms with Gasteiger partial charge in [-0.3, -0.25) is 0 Å². The molecule has 0 amide bonds. The van der Waals surface area contributed by atoms with Crippen LogP contribution in [0, 0.1) is 0 Å². The Kier molecular flexibility index (Phi) is 4.16. The summed E-state index contributed by atoms with van der Waals surface area (Å²) in [6, 6.07) is 3.40. The minimum Gasteiger partial charge on any atom is -0.496 e. The Hall–Kier alpha value is -1.51. The van der Waals surface area contributed by atoms with Gasteiger partial charge in [-0.05, 0) is 12.1 Å². The summed E-state index contributed by atoms with van der Waals surface area (Å²) in [6.07, 6.45) is 1.45. The molecule has 0 aliphatic rings. The van der Waals surface area contributed by atoms with Crippen molar-refractivity contribution in [2.24, 2.45) is 4.99 Å². The first-order chi connectivity index (χ1) is 7.24. The van der Waals surface area contributed by atoms with Crippen LogP contribution in [0.25, 0.3) is 0 Å². The standard InChI is InChI=1S/C10H10ClNO3/c1-14-8-3-4-9(15-2)10(11)7(8)5-12-6-13/h3-4H,5H2,1-2H3. The number of rotatable bonds is 4. The van der Waals surface area contributed by atoms with Gasteiger partial charge in [-0.1, -0.05) is 11.6 Å². The molecule has 0 fully saturated rings. The summed E-state index contributed by atoms with van der Waals surface area (Å²) < 4.78 is 10.1. The monoisotopic (exact) mass is 227 g/mol. The average molecular weight is 228 g/mol. The molecule has 1 rings (SSSR count). The van der Waals surface area contributed by atoms with Crippen LogP contribution in [0.1, 0.15) is 5.56 Å². The van der Waals surface area contributed by atoms with Crippen molar-refractivity contribution >= 4 is 17.7 Å². The Morgan fingerprint density at radius 2 is 1.93 bits per heavy atom. The predicted molar refractivity (Wildman–Crippen MR) is 56.4 cm³/mol. The number of isocyanates is 1. The highest BCUT2D eigenvalue weighted by Crippen LogP contribution is 2.34. The molecule has 4 nitrogen and oxygen atoms in total. The second-order valence-electron chi connectivity index (χ2n) is 2.67. The normalized spacial score (nSPS) is 9.27. The van der Waals surface area contributed by atoms with Crippen LogP contribution in [0.3, 0.4) is 0 Å². The minimum absolute atomic E-state index is 0.128. The molecule has 0 atom stereocenters. The molecule has 80 valence electrons. The van der Waals surface area contributed by atoms with Gasteiger partial charge < -0.3 is 9.47 Å². The van der Waals surface area contributed by atoms with Crippen LogP contribution in [-0.2, 0) is 11.3 Å². The van der Waals surface area contributed by atoms with Crippen molar-refractivity contribution in [2.75, 3.05) is 14.2 Å². The van der Waals surface area contributed by atoms with E-state index < -0.39 is 0 Å². The summed E-state index contributed by atoms with van der Waals surface area (Å²) in [6.45, 7) is 0.128. The van der Waals surface area contributed by atoms with Crippen molar-refractivity contribution in [1.82, 2.24) is 0 Å². The molecule has 0 aliphatic carbocycles. The van der Waals surface area contributed by atoms with Gasteiger partial charge in [0.05, 0.1) is 25.8 Å². The number of nitrogens with zero attached hydrogens (tertiary/aromatic N) is 1. The van der Waals surface area contributed by atoms with E-state index in [1.165, 1.54) is 20.3 Å². The number of hydrogen-bond acceptors (Lipinski definition) is 4. The van der Waals surface area contributed by atoms with E-state index in [1.807, 2.05) is 0 Å². The SMILES string of the molecule is COc1ccc(OC)c(CN=C=O)c1Cl. The fourth-order valence-corrected chi connectivity index (χ4v) is 1.48. The van der Waals surface area contributed by atoms with Gasteiger partial charge in [-0.15, -0.1) is 0 Å². The van der Waals surface area contributed by atoms with Gasteiger partial charge in [0.15, 0.2) is 0 Å². The van der Waals surface area contributed by atoms with Crippen LogP contribution >= 0.6 is 11.6 Å². The Morgan fingerprint density at radius 1 is 1.33 bits per heavy atom. The van der Waals surface area contributed by atoms with Crippen LogP contribution in [0.2, 0.25) is 5.02 Å². The fraction of sp³-hybridized carbons (Fsp3) is 0.300. The maximum Gasteiger partial charge on any atom is 0.235 e. The first-order valence-electron chi connectivity index (χ1n) is 4.17. The second kappa shape index (κ2) is 5.39. The van der Waals surface area contributed by atoms with E-state index in [1.54, 1.807) is 12.1 Å². The lowest BCUT2D eigenvalue weighted by Crippen LogP contribution is -1.94. The molecule has 0 aromatic heterocycles. The molecule has 5 heteroatoms. The highest BCUT2D eigenvalue weighted by atomic mass is 35.5. The van der Waals surface area contributed by atoms with Gasteiger partial charge in [0.25, 0.3) is 0 Å². The molecular weight excluding hydrogens is 218 g/mol. The van der Waals surface area contributed by atoms with Gasteiger partial charge in [0.2, 0.25) is 6.08 Å². The molecule has 1 aromatic carbocycles. The molecular formula is C10H10ClNO3. The summed E-state index contributed by atoms with van der Waals surface area (Å²) in [7, 11) is 3.03. The van der Waals surface area contributed by atoms with Gasteiger partial charge in [-0.25, -0.2) is 9.79 Å². The maximum atomic E-state index is 10.0. The van der Waals surface area contributed by atoms with E-state index in [2.05, 4.69) is 4.99 Å². The zero-order valence-corrected chi connectivity index (χ0v) is 9.17. The average Bonchev–Trinajstić information content (AvgIpc) is 2.27. The number of ether oxygens (including phenoxy) is 2. The first kappa shape index (κ1) is 11.6. The third-order valence-electron chi connectivity index (χ3n) is 1.91. The predicted octanol–water partition coefficient (Wildman–Crippen LogP) is 2.19. The zero-order valence-electron chi connectivity index (χ0n) is 8.41. The molecule has 0 radical (unpaired) electrons. The molecule has 0 saturated carbocycles. The lowest BCUT2D eigenvalue weighted by Gasteiger charge is -2.10. The molecule has 0 N–H and O–H groups in total. The van der Waals surface area contributed by atoms with E-state index in [-0.39, 0.29) is 6.54 Å². The second-order valence-corrected chi connectivity index (χ2v) is 3.05. The van der Waals surface area contributed by atoms with E-state index >= 15 is 0 Å². The van der Waals surface area contributed by atoms with Crippen molar-refractivity contribution in [2.45, 2.75) is 6.54 Å². The Labute approximate surface area is 92.5 Å². The number of hydrogen-bond donors (Lipinski definition) is 0. The van der Waals surface area contributed by atoms with Crippen molar-refractivity contribution in [3.05, 3.63) is 22.7 Å². The van der Waals surface area contributed by atoms with Crippen LogP contribution in [0.5, 0.6) is 11.5 Å². The highest BCUT2D eigenvalue weighted by molar-refractivity contribution is 6.33. The van der Waals surface area contributed by atoms with Crippen molar-refractivity contribution in [3.8, 4) is 11.5 Å². The van der Waals surface area contributed by atoms with Gasteiger partial charge in [0.1, 0.15) is 11.5 Å². The van der Waals surface area contributed by atoms with Crippen LogP contribution in [0.4, 0.5) is 0 Å². The van der Waals surface area contributed by atoms with E-state index in [0.717, 1.165) is 0 Å². The third kappa shape index (κ3) is 2.49. The smallest absolute Gasteiger partial charge is 0.235 e. The summed E-state index contributed by atoms with van der Waals surface area (Å²) in [5.41, 5.74) is 0.613. The third-order valence-corrected chi connectivity index (χ3v) is 2.32. The molecule has 0 spiro atoms. The topological polar surface area (TPSA) is 47.9 Å². The lowest BCUT2D eigenvalue weighted by atomic mass is 10.2. The fourth-order valence-electron chi connectivity index (χ4n) is 1.19. The Bertz CT molecular complexity index is 400. The number of halogens is 1. The summed E-state index contributed by atoms with van der Waals surface area (Å²) in [5.74, 6) is 1.09. The van der Waals surface area contributed by atoms with Crippen molar-refractivity contribution in [3.63, 3.8) is 0 Å². The number of methoxy groups -OCH3 is 2. The number of aliphatic imine (C=N–C) groups is 1. The molecule has 15 heavy (non-hydrogen) atoms. The molecule has 0 unspecified atom stereocenters. The number of benzene rings is 1. The lowest BCUT2D eigenvalue weighted by molar-refractivity contribution is 0.399. The quantitative estimate of drug-likeness (QED) is 0.585. The zero-order chi connectivity index (χ0) is 11.3. The van der Waals surface area contributed by atoms with Gasteiger partial charge in [0, 0.05) is 5.56 Å². The van der Waals surface area contributed by atoms with Crippen LogP contribution in [0.15, 0.2) is 17.1 Å². The van der Waals surface area contributed by atoms with Crippen LogP contribution in [-0.4, -0.2) is 20.3 Å². The Morgan fingerprint density at radius 3 is 2.47 bits per heavy atom. The van der Waals surface area contributed by atoms with E-state index in [9.17, 15) is 4.79 Å². The molecule has 0 heterocycles. The summed E-state index contributed by atoms with van der Waals surface area (Å²) in [5, 5.41) is 0.399. The number of carbonyl (C=O) groups excluding carboxylic acids is 1. The maximum absolute atomic E-state index is 10.0. The van der Waals surface area contributed by atoms with Crippen molar-refractivity contribution < 1.29 is 14.3 Å². The largest absolute Gasteiger partial charge is 0.496 e. The minimum atomic E-state index is 0.128. The van der Waals surface area contributed by atoms with Gasteiger partial charge >= 0.3 is 0 Å². The molecule has 0 aliphatic heterocycles. The molecule has 1 aromatic rings. The summed E-state index contributed by atoms with van der Waals surface area (Å²) in [4.78, 5) is 13.5. The Balaban J connectivity index is 3.21. The summed E-state index contributed by atoms with van der Waals surface area (Å²) >= 11 is 6.03. The van der Waals surface area contributed by atoms with Crippen molar-refractivity contribution in [1.29, 1.82) is 0 Å². The van der Waals surface area contributed by atoms with Crippen LogP contribution < -0.4 is 9.47 Å². The first-order valence-corrected chi connectivity index (χ1v) is 4.55. The molecule has 0 bridgehead atoms. The van der Waals surface area contributed by atoms with E-state index in [4.69, 9.17) is 21.1 Å². The van der Waals surface area contributed by atoms with E-state index in [0.29, 0.717) is 22.1 Å². The van der Waals surface area contributed by atoms with Gasteiger partial charge in [-0.2, -0.15) is 0 Å². The highest BCUT2D eigenvalue weighted by Gasteiger charge is 2.12.